The number of urea groups is 1. The first-order chi connectivity index (χ1) is 14.7. The minimum atomic E-state index is -0.0802. The van der Waals surface area contributed by atoms with Gasteiger partial charge >= 0.3 is 6.03 Å². The summed E-state index contributed by atoms with van der Waals surface area (Å²) in [5.41, 5.74) is 5.17. The van der Waals surface area contributed by atoms with Crippen LogP contribution in [-0.2, 0) is 0 Å². The number of benzene rings is 2. The minimum Gasteiger partial charge on any atom is -0.438 e. The molecule has 1 aromatic heterocycles. The van der Waals surface area contributed by atoms with Crippen molar-refractivity contribution in [3.63, 3.8) is 0 Å². The van der Waals surface area contributed by atoms with Crippen molar-refractivity contribution in [3.8, 4) is 11.1 Å². The molecule has 5 rings (SSSR count). The Labute approximate surface area is 177 Å². The first kappa shape index (κ1) is 19.2. The Balaban J connectivity index is 1.37. The zero-order valence-corrected chi connectivity index (χ0v) is 17.6. The zero-order chi connectivity index (χ0) is 20.5. The topological polar surface area (TPSA) is 58.4 Å². The van der Waals surface area contributed by atoms with Gasteiger partial charge in [0.1, 0.15) is 11.6 Å². The van der Waals surface area contributed by atoms with E-state index in [2.05, 4.69) is 48.6 Å². The van der Waals surface area contributed by atoms with Crippen LogP contribution in [0.25, 0.3) is 22.2 Å². The van der Waals surface area contributed by atoms with Crippen LogP contribution in [0.4, 0.5) is 4.79 Å². The van der Waals surface area contributed by atoms with Gasteiger partial charge in [0, 0.05) is 12.6 Å². The smallest absolute Gasteiger partial charge is 0.318 e. The number of nitrogens with zero attached hydrogens (tertiary/aromatic N) is 2. The lowest BCUT2D eigenvalue weighted by atomic mass is 9.96. The normalized spacial score (nSPS) is 20.0. The molecule has 0 radical (unpaired) electrons. The molecule has 1 aliphatic heterocycles. The molecule has 30 heavy (non-hydrogen) atoms. The summed E-state index contributed by atoms with van der Waals surface area (Å²) >= 11 is 0. The van der Waals surface area contributed by atoms with Gasteiger partial charge in [0.25, 0.3) is 0 Å². The van der Waals surface area contributed by atoms with E-state index in [-0.39, 0.29) is 12.1 Å². The number of hydrogen-bond acceptors (Lipinski definition) is 3. The third-order valence-electron chi connectivity index (χ3n) is 6.49. The number of carbonyl (C=O) groups is 1. The van der Waals surface area contributed by atoms with Crippen LogP contribution >= 0.6 is 0 Å². The molecule has 2 heterocycles. The van der Waals surface area contributed by atoms with E-state index in [1.54, 1.807) is 0 Å². The van der Waals surface area contributed by atoms with Crippen molar-refractivity contribution in [3.05, 3.63) is 53.9 Å². The third-order valence-corrected chi connectivity index (χ3v) is 6.49. The molecule has 2 amide bonds. The van der Waals surface area contributed by atoms with E-state index in [0.29, 0.717) is 11.9 Å². The Hall–Kier alpha value is -2.82. The molecule has 2 aromatic carbocycles. The van der Waals surface area contributed by atoms with Gasteiger partial charge in [-0.15, -0.1) is 0 Å². The summed E-state index contributed by atoms with van der Waals surface area (Å²) in [4.78, 5) is 19.6. The van der Waals surface area contributed by atoms with Gasteiger partial charge < -0.3 is 14.6 Å². The number of fused-ring (bicyclic) bond motifs is 1. The first-order valence-corrected chi connectivity index (χ1v) is 11.2. The number of likely N-dealkylation sites (tertiary alicyclic amines) is 1. The van der Waals surface area contributed by atoms with Crippen LogP contribution in [0.1, 0.15) is 62.4 Å². The molecule has 1 aliphatic carbocycles. The highest BCUT2D eigenvalue weighted by molar-refractivity contribution is 5.81. The molecule has 1 N–H and O–H groups in total. The number of amides is 2. The number of hydrogen-bond donors (Lipinski definition) is 1. The number of aryl methyl sites for hydroxylation is 1. The molecule has 2 fully saturated rings. The maximum Gasteiger partial charge on any atom is 0.318 e. The van der Waals surface area contributed by atoms with Gasteiger partial charge in [-0.3, -0.25) is 0 Å². The van der Waals surface area contributed by atoms with Crippen LogP contribution in [0.5, 0.6) is 0 Å². The Morgan fingerprint density at radius 3 is 2.70 bits per heavy atom. The molecule has 156 valence electrons. The lowest BCUT2D eigenvalue weighted by Gasteiger charge is -2.28. The molecule has 1 saturated carbocycles. The Morgan fingerprint density at radius 1 is 1.03 bits per heavy atom. The van der Waals surface area contributed by atoms with Crippen LogP contribution in [0.15, 0.2) is 46.9 Å². The van der Waals surface area contributed by atoms with Gasteiger partial charge in [0.2, 0.25) is 5.89 Å². The van der Waals surface area contributed by atoms with E-state index in [4.69, 9.17) is 9.40 Å². The van der Waals surface area contributed by atoms with Gasteiger partial charge in [0.05, 0.1) is 0 Å². The van der Waals surface area contributed by atoms with Crippen molar-refractivity contribution in [1.29, 1.82) is 0 Å². The lowest BCUT2D eigenvalue weighted by Crippen LogP contribution is -2.45. The van der Waals surface area contributed by atoms with Crippen LogP contribution < -0.4 is 5.32 Å². The van der Waals surface area contributed by atoms with Crippen LogP contribution in [0.2, 0.25) is 0 Å². The third kappa shape index (κ3) is 3.81. The van der Waals surface area contributed by atoms with Crippen LogP contribution in [0, 0.1) is 6.92 Å². The summed E-state index contributed by atoms with van der Waals surface area (Å²) in [5, 5.41) is 3.25. The van der Waals surface area contributed by atoms with Crippen LogP contribution in [-0.4, -0.2) is 28.5 Å². The highest BCUT2D eigenvalue weighted by atomic mass is 16.4. The van der Waals surface area contributed by atoms with E-state index in [1.165, 1.54) is 30.4 Å². The van der Waals surface area contributed by atoms with Crippen molar-refractivity contribution >= 4 is 17.1 Å². The Morgan fingerprint density at radius 2 is 1.87 bits per heavy atom. The second-order valence-electron chi connectivity index (χ2n) is 8.74. The van der Waals surface area contributed by atoms with Gasteiger partial charge in [0.15, 0.2) is 5.58 Å². The Bertz CT molecular complexity index is 1050. The molecule has 1 saturated heterocycles. The van der Waals surface area contributed by atoms with Gasteiger partial charge in [-0.2, -0.15) is 0 Å². The lowest BCUT2D eigenvalue weighted by molar-refractivity contribution is 0.178. The van der Waals surface area contributed by atoms with E-state index >= 15 is 0 Å². The molecule has 0 bridgehead atoms. The summed E-state index contributed by atoms with van der Waals surface area (Å²) in [5.74, 6) is 0.655. The van der Waals surface area contributed by atoms with Crippen molar-refractivity contribution in [2.45, 2.75) is 64.0 Å². The maximum absolute atomic E-state index is 12.9. The SMILES string of the molecule is Cc1cccc(-c2ccc3oc(C4CCCN4C(=O)NC4CCCCC4)nc3c2)c1. The minimum absolute atomic E-state index is 0.0344. The highest BCUT2D eigenvalue weighted by Crippen LogP contribution is 2.34. The summed E-state index contributed by atoms with van der Waals surface area (Å²) < 4.78 is 6.10. The Kier molecular flexibility index (Phi) is 5.19. The fourth-order valence-corrected chi connectivity index (χ4v) is 4.86. The average Bonchev–Trinajstić information content (AvgIpc) is 3.41. The number of nitrogens with one attached hydrogen (secondary N) is 1. The molecule has 3 aromatic rings. The molecule has 1 atom stereocenters. The second kappa shape index (κ2) is 8.13. The molecular formula is C25H29N3O2. The standard InChI is InChI=1S/C25H29N3O2/c1-17-7-5-8-18(15-17)19-12-13-23-21(16-19)27-24(30-23)22-11-6-14-28(22)25(29)26-20-9-3-2-4-10-20/h5,7-8,12-13,15-16,20,22H,2-4,6,9-11,14H2,1H3,(H,26,29). The second-order valence-corrected chi connectivity index (χ2v) is 8.74. The zero-order valence-electron chi connectivity index (χ0n) is 17.6. The van der Waals surface area contributed by atoms with E-state index < -0.39 is 0 Å². The summed E-state index contributed by atoms with van der Waals surface area (Å²) in [6.07, 6.45) is 7.77. The number of rotatable bonds is 3. The monoisotopic (exact) mass is 403 g/mol. The molecule has 1 unspecified atom stereocenters. The van der Waals surface area contributed by atoms with Gasteiger partial charge in [-0.1, -0.05) is 55.2 Å². The largest absolute Gasteiger partial charge is 0.438 e. The summed E-state index contributed by atoms with van der Waals surface area (Å²) in [6, 6.07) is 14.9. The highest BCUT2D eigenvalue weighted by Gasteiger charge is 2.34. The first-order valence-electron chi connectivity index (χ1n) is 11.2. The summed E-state index contributed by atoms with van der Waals surface area (Å²) in [6.45, 7) is 2.86. The maximum atomic E-state index is 12.9. The van der Waals surface area contributed by atoms with Crippen molar-refractivity contribution < 1.29 is 9.21 Å². The van der Waals surface area contributed by atoms with Gasteiger partial charge in [-0.05, 0) is 55.9 Å². The van der Waals surface area contributed by atoms with Crippen molar-refractivity contribution in [1.82, 2.24) is 15.2 Å². The predicted octanol–water partition coefficient (Wildman–Crippen LogP) is 5.98. The predicted molar refractivity (Wildman–Crippen MR) is 118 cm³/mol. The molecule has 0 spiro atoms. The van der Waals surface area contributed by atoms with E-state index in [9.17, 15) is 4.79 Å². The summed E-state index contributed by atoms with van der Waals surface area (Å²) in [7, 11) is 0. The van der Waals surface area contributed by atoms with E-state index in [1.807, 2.05) is 11.0 Å². The van der Waals surface area contributed by atoms with Crippen molar-refractivity contribution in [2.75, 3.05) is 6.54 Å². The molecular weight excluding hydrogens is 374 g/mol. The molecule has 5 nitrogen and oxygen atoms in total. The fourth-order valence-electron chi connectivity index (χ4n) is 4.86. The van der Waals surface area contributed by atoms with E-state index in [0.717, 1.165) is 48.9 Å². The number of oxazole rings is 1. The molecule has 2 aliphatic rings. The van der Waals surface area contributed by atoms with Gasteiger partial charge in [-0.25, -0.2) is 9.78 Å². The average molecular weight is 404 g/mol. The number of aromatic nitrogens is 1. The van der Waals surface area contributed by atoms with Crippen molar-refractivity contribution in [2.24, 2.45) is 0 Å². The number of carbonyl (C=O) groups excluding carboxylic acids is 1. The fraction of sp³-hybridized carbons (Fsp3) is 0.440. The van der Waals surface area contributed by atoms with Crippen LogP contribution in [0.3, 0.4) is 0 Å². The molecule has 5 heteroatoms. The quantitative estimate of drug-likeness (QED) is 0.585.